The molecule has 6 heteroatoms. The van der Waals surface area contributed by atoms with Crippen LogP contribution in [0.2, 0.25) is 0 Å². The monoisotopic (exact) mass is 318 g/mol. The number of carbonyl (C=O) groups excluding carboxylic acids is 1. The van der Waals surface area contributed by atoms with Crippen molar-refractivity contribution in [3.8, 4) is 0 Å². The zero-order chi connectivity index (χ0) is 16.3. The normalized spacial score (nSPS) is 11.0. The summed E-state index contributed by atoms with van der Waals surface area (Å²) in [6.07, 6.45) is 1.06. The van der Waals surface area contributed by atoms with E-state index in [1.54, 1.807) is 18.2 Å². The Labute approximate surface area is 130 Å². The maximum atomic E-state index is 12.3. The van der Waals surface area contributed by atoms with Gasteiger partial charge in [-0.1, -0.05) is 23.8 Å². The molecule has 2 N–H and O–H groups in total. The summed E-state index contributed by atoms with van der Waals surface area (Å²) in [5.41, 5.74) is 3.56. The molecule has 0 aliphatic carbocycles. The van der Waals surface area contributed by atoms with Gasteiger partial charge in [-0.2, -0.15) is 0 Å². The largest absolute Gasteiger partial charge is 0.322 e. The standard InChI is InChI=1S/C16H18N2O3S/c1-11-7-8-15(12(2)9-11)17-16(19)13-5-4-6-14(10-13)18-22(3,20)21/h4-10,18H,1-3H3,(H,17,19). The lowest BCUT2D eigenvalue weighted by molar-refractivity contribution is 0.102. The highest BCUT2D eigenvalue weighted by Crippen LogP contribution is 2.18. The van der Waals surface area contributed by atoms with Crippen molar-refractivity contribution in [1.29, 1.82) is 0 Å². The van der Waals surface area contributed by atoms with E-state index in [9.17, 15) is 13.2 Å². The third-order valence-electron chi connectivity index (χ3n) is 3.06. The van der Waals surface area contributed by atoms with Gasteiger partial charge < -0.3 is 5.32 Å². The summed E-state index contributed by atoms with van der Waals surface area (Å²) in [7, 11) is -3.37. The van der Waals surface area contributed by atoms with Crippen molar-refractivity contribution in [2.24, 2.45) is 0 Å². The lowest BCUT2D eigenvalue weighted by Crippen LogP contribution is -2.14. The van der Waals surface area contributed by atoms with Gasteiger partial charge in [-0.05, 0) is 43.7 Å². The molecular weight excluding hydrogens is 300 g/mol. The summed E-state index contributed by atoms with van der Waals surface area (Å²) in [6.45, 7) is 3.91. The van der Waals surface area contributed by atoms with Crippen molar-refractivity contribution < 1.29 is 13.2 Å². The number of hydrogen-bond donors (Lipinski definition) is 2. The number of sulfonamides is 1. The molecule has 0 saturated carbocycles. The minimum atomic E-state index is -3.37. The van der Waals surface area contributed by atoms with Crippen LogP contribution >= 0.6 is 0 Å². The van der Waals surface area contributed by atoms with Crippen molar-refractivity contribution in [3.05, 3.63) is 59.2 Å². The first-order valence-corrected chi connectivity index (χ1v) is 8.60. The molecule has 0 aliphatic rings. The number of nitrogens with one attached hydrogen (secondary N) is 2. The molecule has 0 bridgehead atoms. The van der Waals surface area contributed by atoms with E-state index in [1.807, 2.05) is 32.0 Å². The van der Waals surface area contributed by atoms with E-state index in [0.717, 1.165) is 23.1 Å². The topological polar surface area (TPSA) is 75.3 Å². The first-order chi connectivity index (χ1) is 10.2. The Bertz CT molecular complexity index is 814. The maximum Gasteiger partial charge on any atom is 0.255 e. The van der Waals surface area contributed by atoms with Crippen LogP contribution in [0, 0.1) is 13.8 Å². The molecule has 2 rings (SSSR count). The van der Waals surface area contributed by atoms with Crippen LogP contribution in [-0.2, 0) is 10.0 Å². The summed E-state index contributed by atoms with van der Waals surface area (Å²) in [6, 6.07) is 12.1. The van der Waals surface area contributed by atoms with Crippen molar-refractivity contribution >= 4 is 27.3 Å². The van der Waals surface area contributed by atoms with Crippen LogP contribution in [0.4, 0.5) is 11.4 Å². The van der Waals surface area contributed by atoms with Crippen molar-refractivity contribution in [3.63, 3.8) is 0 Å². The highest BCUT2D eigenvalue weighted by Gasteiger charge is 2.10. The van der Waals surface area contributed by atoms with Crippen LogP contribution in [0.25, 0.3) is 0 Å². The fraction of sp³-hybridized carbons (Fsp3) is 0.188. The van der Waals surface area contributed by atoms with Crippen LogP contribution in [0.15, 0.2) is 42.5 Å². The van der Waals surface area contributed by atoms with Crippen molar-refractivity contribution in [2.75, 3.05) is 16.3 Å². The summed E-state index contributed by atoms with van der Waals surface area (Å²) < 4.78 is 24.8. The smallest absolute Gasteiger partial charge is 0.255 e. The number of carbonyl (C=O) groups is 1. The molecule has 116 valence electrons. The van der Waals surface area contributed by atoms with E-state index >= 15 is 0 Å². The van der Waals surface area contributed by atoms with Crippen molar-refractivity contribution in [2.45, 2.75) is 13.8 Å². The van der Waals surface area contributed by atoms with Crippen LogP contribution in [-0.4, -0.2) is 20.6 Å². The van der Waals surface area contributed by atoms with Crippen molar-refractivity contribution in [1.82, 2.24) is 0 Å². The van der Waals surface area contributed by atoms with Gasteiger partial charge in [0.2, 0.25) is 10.0 Å². The molecule has 0 atom stereocenters. The second-order valence-corrected chi connectivity index (χ2v) is 6.98. The van der Waals surface area contributed by atoms with E-state index in [1.165, 1.54) is 6.07 Å². The highest BCUT2D eigenvalue weighted by atomic mass is 32.2. The number of aryl methyl sites for hydroxylation is 2. The van der Waals surface area contributed by atoms with E-state index in [-0.39, 0.29) is 5.91 Å². The number of anilines is 2. The minimum Gasteiger partial charge on any atom is -0.322 e. The molecule has 5 nitrogen and oxygen atoms in total. The number of hydrogen-bond acceptors (Lipinski definition) is 3. The molecule has 0 aliphatic heterocycles. The van der Waals surface area contributed by atoms with Gasteiger partial charge in [0.25, 0.3) is 5.91 Å². The fourth-order valence-electron chi connectivity index (χ4n) is 2.09. The average molecular weight is 318 g/mol. The molecule has 0 aromatic heterocycles. The summed E-state index contributed by atoms with van der Waals surface area (Å²) in [4.78, 5) is 12.3. The molecule has 0 unspecified atom stereocenters. The quantitative estimate of drug-likeness (QED) is 0.910. The van der Waals surface area contributed by atoms with Crippen LogP contribution in [0.1, 0.15) is 21.5 Å². The predicted octanol–water partition coefficient (Wildman–Crippen LogP) is 2.93. The van der Waals surface area contributed by atoms with E-state index in [0.29, 0.717) is 11.3 Å². The lowest BCUT2D eigenvalue weighted by atomic mass is 10.1. The molecule has 2 aromatic rings. The van der Waals surface area contributed by atoms with Gasteiger partial charge in [-0.15, -0.1) is 0 Å². The third kappa shape index (κ3) is 4.33. The maximum absolute atomic E-state index is 12.3. The zero-order valence-corrected chi connectivity index (χ0v) is 13.5. The molecule has 0 saturated heterocycles. The minimum absolute atomic E-state index is 0.288. The third-order valence-corrected chi connectivity index (χ3v) is 3.66. The fourth-order valence-corrected chi connectivity index (χ4v) is 2.64. The lowest BCUT2D eigenvalue weighted by Gasteiger charge is -2.10. The first-order valence-electron chi connectivity index (χ1n) is 6.71. The Kier molecular flexibility index (Phi) is 4.51. The van der Waals surface area contributed by atoms with Gasteiger partial charge in [-0.3, -0.25) is 9.52 Å². The van der Waals surface area contributed by atoms with Gasteiger partial charge in [0.1, 0.15) is 0 Å². The van der Waals surface area contributed by atoms with Gasteiger partial charge in [0.15, 0.2) is 0 Å². The second kappa shape index (κ2) is 6.19. The average Bonchev–Trinajstić information content (AvgIpc) is 2.40. The molecule has 1 amide bonds. The van der Waals surface area contributed by atoms with Gasteiger partial charge in [0.05, 0.1) is 6.26 Å². The summed E-state index contributed by atoms with van der Waals surface area (Å²) >= 11 is 0. The zero-order valence-electron chi connectivity index (χ0n) is 12.7. The molecular formula is C16H18N2O3S. The van der Waals surface area contributed by atoms with Crippen LogP contribution in [0.3, 0.4) is 0 Å². The summed E-state index contributed by atoms with van der Waals surface area (Å²) in [5.74, 6) is -0.288. The van der Waals surface area contributed by atoms with E-state index < -0.39 is 10.0 Å². The Morgan fingerprint density at radius 2 is 1.77 bits per heavy atom. The molecule has 0 fully saturated rings. The Morgan fingerprint density at radius 1 is 1.05 bits per heavy atom. The molecule has 0 spiro atoms. The number of rotatable bonds is 4. The molecule has 0 radical (unpaired) electrons. The summed E-state index contributed by atoms with van der Waals surface area (Å²) in [5, 5.41) is 2.83. The molecule has 22 heavy (non-hydrogen) atoms. The van der Waals surface area contributed by atoms with Crippen LogP contribution < -0.4 is 10.0 Å². The number of amides is 1. The van der Waals surface area contributed by atoms with Gasteiger partial charge in [-0.25, -0.2) is 8.42 Å². The Balaban J connectivity index is 2.21. The van der Waals surface area contributed by atoms with Gasteiger partial charge in [0, 0.05) is 16.9 Å². The van der Waals surface area contributed by atoms with Crippen LogP contribution in [0.5, 0.6) is 0 Å². The SMILES string of the molecule is Cc1ccc(NC(=O)c2cccc(NS(C)(=O)=O)c2)c(C)c1. The first kappa shape index (κ1) is 16.0. The van der Waals surface area contributed by atoms with E-state index in [4.69, 9.17) is 0 Å². The second-order valence-electron chi connectivity index (χ2n) is 5.23. The Hall–Kier alpha value is -2.34. The number of benzene rings is 2. The highest BCUT2D eigenvalue weighted by molar-refractivity contribution is 7.92. The molecule has 2 aromatic carbocycles. The Morgan fingerprint density at radius 3 is 2.41 bits per heavy atom. The predicted molar refractivity (Wildman–Crippen MR) is 88.8 cm³/mol. The van der Waals surface area contributed by atoms with E-state index in [2.05, 4.69) is 10.0 Å². The van der Waals surface area contributed by atoms with Gasteiger partial charge >= 0.3 is 0 Å². The molecule has 0 heterocycles.